The number of anilines is 1. The molecule has 156 valence electrons. The summed E-state index contributed by atoms with van der Waals surface area (Å²) in [4.78, 5) is 12.6. The molecule has 7 nitrogen and oxygen atoms in total. The lowest BCUT2D eigenvalue weighted by molar-refractivity contribution is -0.119. The van der Waals surface area contributed by atoms with Crippen LogP contribution < -0.4 is 9.73 Å². The Morgan fingerprint density at radius 2 is 1.87 bits per heavy atom. The van der Waals surface area contributed by atoms with Gasteiger partial charge in [-0.3, -0.25) is 9.10 Å². The maximum atomic E-state index is 13.2. The first kappa shape index (κ1) is 22.5. The zero-order valence-electron chi connectivity index (χ0n) is 15.7. The topological polar surface area (TPSA) is 92.0 Å². The number of nitrogens with one attached hydrogen (secondary N) is 1. The molecule has 0 aliphatic rings. The van der Waals surface area contributed by atoms with Crippen molar-refractivity contribution in [2.75, 3.05) is 10.8 Å². The van der Waals surface area contributed by atoms with E-state index < -0.39 is 22.5 Å². The normalized spacial score (nSPS) is 11.6. The first-order chi connectivity index (χ1) is 14.3. The van der Waals surface area contributed by atoms with Gasteiger partial charge in [0.05, 0.1) is 21.3 Å². The summed E-state index contributed by atoms with van der Waals surface area (Å²) < 4.78 is 34.5. The fourth-order valence-electron chi connectivity index (χ4n) is 2.52. The molecule has 10 heteroatoms. The van der Waals surface area contributed by atoms with Crippen LogP contribution in [-0.2, 0) is 14.8 Å². The Bertz CT molecular complexity index is 1140. The molecule has 0 saturated heterocycles. The van der Waals surface area contributed by atoms with E-state index in [1.807, 2.05) is 0 Å². The smallest absolute Gasteiger partial charge is 0.264 e. The van der Waals surface area contributed by atoms with Gasteiger partial charge in [0.25, 0.3) is 15.9 Å². The van der Waals surface area contributed by atoms with Crippen LogP contribution in [0, 0.1) is 10.5 Å². The Hall–Kier alpha value is -2.18. The maximum absolute atomic E-state index is 13.2. The Morgan fingerprint density at radius 1 is 1.20 bits per heavy atom. The van der Waals surface area contributed by atoms with Crippen LogP contribution in [0.5, 0.6) is 0 Å². The van der Waals surface area contributed by atoms with Crippen molar-refractivity contribution < 1.29 is 17.6 Å². The summed E-state index contributed by atoms with van der Waals surface area (Å²) in [5.41, 5.74) is 2.72. The highest BCUT2D eigenvalue weighted by Gasteiger charge is 2.27. The Morgan fingerprint density at radius 3 is 2.47 bits per heavy atom. The minimum absolute atomic E-state index is 0.0933. The number of halogens is 2. The lowest BCUT2D eigenvalue weighted by Gasteiger charge is -2.23. The highest BCUT2D eigenvalue weighted by molar-refractivity contribution is 14.1. The third-order valence-electron chi connectivity index (χ3n) is 3.99. The molecule has 1 N–H and O–H groups in total. The summed E-state index contributed by atoms with van der Waals surface area (Å²) in [5.74, 6) is 0.541. The predicted molar refractivity (Wildman–Crippen MR) is 127 cm³/mol. The number of hydrogen-bond donors (Lipinski definition) is 1. The fourth-order valence-corrected chi connectivity index (χ4v) is 4.63. The largest absolute Gasteiger partial charge is 0.459 e. The Kier molecular flexibility index (Phi) is 7.32. The quantitative estimate of drug-likeness (QED) is 0.248. The van der Waals surface area contributed by atoms with Crippen molar-refractivity contribution in [3.05, 3.63) is 80.2 Å². The van der Waals surface area contributed by atoms with Gasteiger partial charge < -0.3 is 4.42 Å². The molecule has 0 bridgehead atoms. The first-order valence-corrected chi connectivity index (χ1v) is 12.0. The molecule has 30 heavy (non-hydrogen) atoms. The minimum atomic E-state index is -3.95. The highest BCUT2D eigenvalue weighted by Crippen LogP contribution is 2.24. The van der Waals surface area contributed by atoms with Gasteiger partial charge in [0.1, 0.15) is 18.1 Å². The predicted octanol–water partition coefficient (Wildman–Crippen LogP) is 4.30. The van der Waals surface area contributed by atoms with Crippen molar-refractivity contribution in [1.29, 1.82) is 0 Å². The third kappa shape index (κ3) is 5.49. The number of hydrazone groups is 1. The number of aryl methyl sites for hydroxylation is 1. The summed E-state index contributed by atoms with van der Waals surface area (Å²) in [6, 6.07) is 16.5. The number of benzene rings is 2. The molecule has 0 fully saturated rings. The van der Waals surface area contributed by atoms with Gasteiger partial charge in [-0.05, 0) is 81.8 Å². The molecule has 0 unspecified atom stereocenters. The lowest BCUT2D eigenvalue weighted by atomic mass is 10.3. The van der Waals surface area contributed by atoms with E-state index in [1.54, 1.807) is 55.5 Å². The second-order valence-electron chi connectivity index (χ2n) is 6.15. The van der Waals surface area contributed by atoms with Crippen molar-refractivity contribution in [1.82, 2.24) is 5.43 Å². The van der Waals surface area contributed by atoms with Crippen molar-refractivity contribution in [3.63, 3.8) is 0 Å². The van der Waals surface area contributed by atoms with Gasteiger partial charge in [0.2, 0.25) is 0 Å². The van der Waals surface area contributed by atoms with Gasteiger partial charge in [-0.15, -0.1) is 0 Å². The van der Waals surface area contributed by atoms with Crippen molar-refractivity contribution >= 4 is 66.4 Å². The second kappa shape index (κ2) is 9.75. The van der Waals surface area contributed by atoms with E-state index in [9.17, 15) is 13.2 Å². The number of rotatable bonds is 7. The molecule has 1 amide bonds. The van der Waals surface area contributed by atoms with Crippen LogP contribution in [0.3, 0.4) is 0 Å². The van der Waals surface area contributed by atoms with E-state index in [-0.39, 0.29) is 4.90 Å². The van der Waals surface area contributed by atoms with Crippen molar-refractivity contribution in [2.24, 2.45) is 5.10 Å². The van der Waals surface area contributed by atoms with Gasteiger partial charge in [-0.25, -0.2) is 13.8 Å². The highest BCUT2D eigenvalue weighted by atomic mass is 127. The van der Waals surface area contributed by atoms with Crippen molar-refractivity contribution in [3.8, 4) is 0 Å². The third-order valence-corrected chi connectivity index (χ3v) is 7.28. The Balaban J connectivity index is 1.82. The number of amides is 1. The zero-order valence-corrected chi connectivity index (χ0v) is 20.3. The number of hydrogen-bond acceptors (Lipinski definition) is 5. The monoisotopic (exact) mass is 601 g/mol. The van der Waals surface area contributed by atoms with Crippen LogP contribution in [0.25, 0.3) is 0 Å². The standard InChI is InChI=1S/C20H17BrIN3O4S/c1-14-19(21)11-17(29-14)12-23-24-20(26)13-25(16-9-7-15(22)8-10-16)30(27,28)18-5-3-2-4-6-18/h2-12H,13H2,1H3,(H,24,26)/b23-12-. The van der Waals surface area contributed by atoms with Crippen LogP contribution in [0.15, 0.2) is 79.6 Å². The molecular weight excluding hydrogens is 585 g/mol. The minimum Gasteiger partial charge on any atom is -0.459 e. The number of carbonyl (C=O) groups excluding carboxylic acids is 1. The van der Waals surface area contributed by atoms with Gasteiger partial charge in [0.15, 0.2) is 0 Å². The molecule has 0 spiro atoms. The van der Waals surface area contributed by atoms with E-state index in [1.165, 1.54) is 18.3 Å². The van der Waals surface area contributed by atoms with Crippen LogP contribution in [0.1, 0.15) is 11.5 Å². The number of sulfonamides is 1. The van der Waals surface area contributed by atoms with Crippen LogP contribution in [-0.4, -0.2) is 27.1 Å². The molecule has 0 radical (unpaired) electrons. The van der Waals surface area contributed by atoms with Crippen LogP contribution in [0.2, 0.25) is 0 Å². The number of furan rings is 1. The van der Waals surface area contributed by atoms with E-state index in [0.717, 1.165) is 12.3 Å². The summed E-state index contributed by atoms with van der Waals surface area (Å²) >= 11 is 5.45. The first-order valence-electron chi connectivity index (χ1n) is 8.68. The van der Waals surface area contributed by atoms with Gasteiger partial charge in [0, 0.05) is 9.64 Å². The molecule has 3 aromatic rings. The SMILES string of the molecule is Cc1oc(/C=N\NC(=O)CN(c2ccc(I)cc2)S(=O)(=O)c2ccccc2)cc1Br. The fraction of sp³-hybridized carbons (Fsp3) is 0.100. The summed E-state index contributed by atoms with van der Waals surface area (Å²) in [7, 11) is -3.95. The molecule has 1 heterocycles. The average molecular weight is 602 g/mol. The zero-order chi connectivity index (χ0) is 21.7. The van der Waals surface area contributed by atoms with Gasteiger partial charge >= 0.3 is 0 Å². The summed E-state index contributed by atoms with van der Waals surface area (Å²) in [6.07, 6.45) is 1.34. The average Bonchev–Trinajstić information content (AvgIpc) is 3.05. The second-order valence-corrected chi connectivity index (χ2v) is 10.1. The van der Waals surface area contributed by atoms with Gasteiger partial charge in [-0.2, -0.15) is 5.10 Å². The summed E-state index contributed by atoms with van der Waals surface area (Å²) in [5, 5.41) is 3.85. The van der Waals surface area contributed by atoms with E-state index in [0.29, 0.717) is 17.2 Å². The molecule has 0 aliphatic carbocycles. The molecule has 3 rings (SSSR count). The number of carbonyl (C=O) groups is 1. The maximum Gasteiger partial charge on any atom is 0.264 e. The molecule has 0 aliphatic heterocycles. The van der Waals surface area contributed by atoms with Gasteiger partial charge in [-0.1, -0.05) is 18.2 Å². The molecule has 0 atom stereocenters. The number of nitrogens with zero attached hydrogens (tertiary/aromatic N) is 2. The van der Waals surface area contributed by atoms with E-state index >= 15 is 0 Å². The molecule has 0 saturated carbocycles. The molecular formula is C20H17BrIN3O4S. The molecule has 2 aromatic carbocycles. The van der Waals surface area contributed by atoms with Crippen LogP contribution >= 0.6 is 38.5 Å². The van der Waals surface area contributed by atoms with Crippen molar-refractivity contribution in [2.45, 2.75) is 11.8 Å². The van der Waals surface area contributed by atoms with E-state index in [4.69, 9.17) is 4.42 Å². The molecule has 1 aromatic heterocycles. The Labute approximate surface area is 196 Å². The van der Waals surface area contributed by atoms with Crippen LogP contribution in [0.4, 0.5) is 5.69 Å². The lowest BCUT2D eigenvalue weighted by Crippen LogP contribution is -2.39. The van der Waals surface area contributed by atoms with E-state index in [2.05, 4.69) is 49.0 Å². The summed E-state index contributed by atoms with van der Waals surface area (Å²) in [6.45, 7) is 1.35.